The van der Waals surface area contributed by atoms with Gasteiger partial charge in [-0.2, -0.15) is 0 Å². The Morgan fingerprint density at radius 1 is 1.04 bits per heavy atom. The van der Waals surface area contributed by atoms with Crippen LogP contribution in [0.4, 0.5) is 5.13 Å². The average Bonchev–Trinajstić information content (AvgIpc) is 3.13. The van der Waals surface area contributed by atoms with Gasteiger partial charge in [-0.25, -0.2) is 4.98 Å². The number of benzene rings is 2. The van der Waals surface area contributed by atoms with Crippen LogP contribution < -0.4 is 10.6 Å². The smallest absolute Gasteiger partial charge is 0.311 e. The highest BCUT2D eigenvalue weighted by molar-refractivity contribution is 7.13. The quantitative estimate of drug-likeness (QED) is 0.596. The van der Waals surface area contributed by atoms with Gasteiger partial charge >= 0.3 is 5.97 Å². The number of esters is 1. The molecule has 28 heavy (non-hydrogen) atoms. The highest BCUT2D eigenvalue weighted by Crippen LogP contribution is 2.19. The number of thiazole rings is 1. The van der Waals surface area contributed by atoms with Gasteiger partial charge in [0.15, 0.2) is 5.13 Å². The number of hydrogen-bond donors (Lipinski definition) is 2. The minimum Gasteiger partial charge on any atom is -0.469 e. The lowest BCUT2D eigenvalue weighted by Gasteiger charge is -2.08. The number of fused-ring (bicyclic) bond motifs is 1. The van der Waals surface area contributed by atoms with Crippen molar-refractivity contribution in [2.24, 2.45) is 0 Å². The van der Waals surface area contributed by atoms with E-state index in [1.807, 2.05) is 42.5 Å². The molecule has 0 aliphatic rings. The summed E-state index contributed by atoms with van der Waals surface area (Å²) in [5.74, 6) is -1.02. The van der Waals surface area contributed by atoms with Crippen LogP contribution in [0.15, 0.2) is 47.8 Å². The normalized spacial score (nSPS) is 10.5. The number of nitrogens with one attached hydrogen (secondary N) is 2. The summed E-state index contributed by atoms with van der Waals surface area (Å²) in [5.41, 5.74) is 1.43. The summed E-state index contributed by atoms with van der Waals surface area (Å²) in [4.78, 5) is 39.6. The Labute approximate surface area is 165 Å². The predicted octanol–water partition coefficient (Wildman–Crippen LogP) is 2.31. The van der Waals surface area contributed by atoms with Crippen LogP contribution in [0.3, 0.4) is 0 Å². The summed E-state index contributed by atoms with van der Waals surface area (Å²) in [7, 11) is 1.30. The first-order valence-electron chi connectivity index (χ1n) is 8.59. The molecule has 3 rings (SSSR count). The molecule has 144 valence electrons. The third-order valence-electron chi connectivity index (χ3n) is 4.03. The van der Waals surface area contributed by atoms with Gasteiger partial charge in [-0.1, -0.05) is 42.5 Å². The van der Waals surface area contributed by atoms with Crippen molar-refractivity contribution in [3.8, 4) is 0 Å². The minimum absolute atomic E-state index is 0.0463. The van der Waals surface area contributed by atoms with Crippen LogP contribution >= 0.6 is 11.3 Å². The van der Waals surface area contributed by atoms with Gasteiger partial charge in [0.2, 0.25) is 11.8 Å². The molecule has 0 radical (unpaired) electrons. The summed E-state index contributed by atoms with van der Waals surface area (Å²) in [5, 5.41) is 9.35. The Morgan fingerprint density at radius 3 is 2.64 bits per heavy atom. The van der Waals surface area contributed by atoms with Gasteiger partial charge in [0, 0.05) is 5.38 Å². The van der Waals surface area contributed by atoms with Crippen molar-refractivity contribution < 1.29 is 19.1 Å². The first-order chi connectivity index (χ1) is 13.5. The maximum Gasteiger partial charge on any atom is 0.311 e. The van der Waals surface area contributed by atoms with E-state index in [9.17, 15) is 14.4 Å². The summed E-state index contributed by atoms with van der Waals surface area (Å²) in [6.45, 7) is -0.157. The number of carbonyl (C=O) groups is 3. The summed E-state index contributed by atoms with van der Waals surface area (Å²) < 4.78 is 4.58. The van der Waals surface area contributed by atoms with Gasteiger partial charge in [-0.3, -0.25) is 14.4 Å². The zero-order valence-corrected chi connectivity index (χ0v) is 16.0. The second-order valence-corrected chi connectivity index (χ2v) is 6.89. The summed E-state index contributed by atoms with van der Waals surface area (Å²) in [6, 6.07) is 13.6. The highest BCUT2D eigenvalue weighted by atomic mass is 32.1. The van der Waals surface area contributed by atoms with Crippen LogP contribution in [0.2, 0.25) is 0 Å². The van der Waals surface area contributed by atoms with Crippen LogP contribution in [0.1, 0.15) is 11.3 Å². The summed E-state index contributed by atoms with van der Waals surface area (Å²) >= 11 is 1.21. The molecule has 2 amide bonds. The van der Waals surface area contributed by atoms with Gasteiger partial charge in [0.25, 0.3) is 0 Å². The molecule has 0 saturated heterocycles. The lowest BCUT2D eigenvalue weighted by molar-refractivity contribution is -0.139. The fraction of sp³-hybridized carbons (Fsp3) is 0.200. The first-order valence-corrected chi connectivity index (χ1v) is 9.47. The highest BCUT2D eigenvalue weighted by Gasteiger charge is 2.12. The minimum atomic E-state index is -0.399. The average molecular weight is 397 g/mol. The van der Waals surface area contributed by atoms with Crippen LogP contribution in [0, 0.1) is 0 Å². The number of carbonyl (C=O) groups excluding carboxylic acids is 3. The molecule has 2 N–H and O–H groups in total. The third-order valence-corrected chi connectivity index (χ3v) is 4.83. The Balaban J connectivity index is 1.50. The van der Waals surface area contributed by atoms with Crippen LogP contribution in [-0.2, 0) is 32.0 Å². The van der Waals surface area contributed by atoms with E-state index in [0.29, 0.717) is 10.8 Å². The van der Waals surface area contributed by atoms with Crippen LogP contribution in [-0.4, -0.2) is 36.4 Å². The van der Waals surface area contributed by atoms with Crippen molar-refractivity contribution in [2.45, 2.75) is 12.8 Å². The van der Waals surface area contributed by atoms with E-state index in [1.165, 1.54) is 18.4 Å². The van der Waals surface area contributed by atoms with Gasteiger partial charge in [0.1, 0.15) is 0 Å². The lowest BCUT2D eigenvalue weighted by Crippen LogP contribution is -2.33. The van der Waals surface area contributed by atoms with Crippen molar-refractivity contribution in [1.29, 1.82) is 0 Å². The number of aromatic nitrogens is 1. The molecular formula is C20H19N3O4S. The number of anilines is 1. The SMILES string of the molecule is COC(=O)Cc1csc(NC(=O)CNC(=O)Cc2cccc3ccccc23)n1. The maximum absolute atomic E-state index is 12.2. The molecule has 0 atom stereocenters. The van der Waals surface area contributed by atoms with Crippen molar-refractivity contribution in [1.82, 2.24) is 10.3 Å². The van der Waals surface area contributed by atoms with E-state index in [0.717, 1.165) is 16.3 Å². The number of nitrogens with zero attached hydrogens (tertiary/aromatic N) is 1. The Bertz CT molecular complexity index is 1010. The third kappa shape index (κ3) is 5.14. The van der Waals surface area contributed by atoms with E-state index < -0.39 is 5.97 Å². The topological polar surface area (TPSA) is 97.4 Å². The Hall–Kier alpha value is -3.26. The molecule has 3 aromatic rings. The Morgan fingerprint density at radius 2 is 1.82 bits per heavy atom. The second-order valence-electron chi connectivity index (χ2n) is 6.04. The molecule has 0 bridgehead atoms. The van der Waals surface area contributed by atoms with Crippen molar-refractivity contribution in [2.75, 3.05) is 19.0 Å². The van der Waals surface area contributed by atoms with Crippen molar-refractivity contribution in [3.05, 3.63) is 59.1 Å². The number of ether oxygens (including phenoxy) is 1. The largest absolute Gasteiger partial charge is 0.469 e. The molecule has 1 aromatic heterocycles. The first kappa shape index (κ1) is 19.5. The molecule has 8 heteroatoms. The van der Waals surface area contributed by atoms with E-state index in [1.54, 1.807) is 5.38 Å². The van der Waals surface area contributed by atoms with Gasteiger partial charge < -0.3 is 15.4 Å². The van der Waals surface area contributed by atoms with E-state index in [4.69, 9.17) is 0 Å². The molecule has 0 fully saturated rings. The zero-order chi connectivity index (χ0) is 19.9. The van der Waals surface area contributed by atoms with Gasteiger partial charge in [0.05, 0.1) is 32.2 Å². The monoisotopic (exact) mass is 397 g/mol. The molecule has 1 heterocycles. The fourth-order valence-electron chi connectivity index (χ4n) is 2.69. The number of rotatable bonds is 7. The predicted molar refractivity (Wildman–Crippen MR) is 107 cm³/mol. The second kappa shape index (κ2) is 9.09. The summed E-state index contributed by atoms with van der Waals surface area (Å²) in [6.07, 6.45) is 0.236. The Kier molecular flexibility index (Phi) is 6.33. The fourth-order valence-corrected chi connectivity index (χ4v) is 3.42. The van der Waals surface area contributed by atoms with Gasteiger partial charge in [-0.05, 0) is 16.3 Å². The van der Waals surface area contributed by atoms with E-state index in [2.05, 4.69) is 20.4 Å². The van der Waals surface area contributed by atoms with Crippen molar-refractivity contribution >= 4 is 45.0 Å². The molecule has 0 aliphatic heterocycles. The lowest BCUT2D eigenvalue weighted by atomic mass is 10.0. The van der Waals surface area contributed by atoms with Gasteiger partial charge in [-0.15, -0.1) is 11.3 Å². The number of methoxy groups -OCH3 is 1. The molecule has 0 saturated carbocycles. The van der Waals surface area contributed by atoms with E-state index >= 15 is 0 Å². The molecule has 0 unspecified atom stereocenters. The number of amides is 2. The van der Waals surface area contributed by atoms with Crippen molar-refractivity contribution in [3.63, 3.8) is 0 Å². The standard InChI is InChI=1S/C20H19N3O4S/c1-27-19(26)10-15-12-28-20(22-15)23-18(25)11-21-17(24)9-14-7-4-6-13-5-2-3-8-16(13)14/h2-8,12H,9-11H2,1H3,(H,21,24)(H,22,23,25). The molecular weight excluding hydrogens is 378 g/mol. The van der Waals surface area contributed by atoms with Crippen LogP contribution in [0.5, 0.6) is 0 Å². The zero-order valence-electron chi connectivity index (χ0n) is 15.2. The molecule has 2 aromatic carbocycles. The number of hydrogen-bond acceptors (Lipinski definition) is 6. The van der Waals surface area contributed by atoms with Crippen LogP contribution in [0.25, 0.3) is 10.8 Å². The van der Waals surface area contributed by atoms with E-state index in [-0.39, 0.29) is 31.2 Å². The maximum atomic E-state index is 12.2. The molecule has 7 nitrogen and oxygen atoms in total. The molecule has 0 aliphatic carbocycles. The molecule has 0 spiro atoms.